The molecule has 0 aromatic heterocycles. The van der Waals surface area contributed by atoms with Crippen LogP contribution in [0.4, 0.5) is 0 Å². The average Bonchev–Trinajstić information content (AvgIpc) is 2.56. The van der Waals surface area contributed by atoms with Gasteiger partial charge in [0, 0.05) is 20.1 Å². The van der Waals surface area contributed by atoms with Gasteiger partial charge in [-0.05, 0) is 16.2 Å². The monoisotopic (exact) mass is 469 g/mol. The predicted octanol–water partition coefficient (Wildman–Crippen LogP) is 5.55. The molecular weight excluding hydrogens is 444 g/mol. The molecule has 22 heavy (non-hydrogen) atoms. The second-order valence-electron chi connectivity index (χ2n) is 7.83. The zero-order chi connectivity index (χ0) is 15.5. The Morgan fingerprint density at radius 1 is 0.773 bits per heavy atom. The quantitative estimate of drug-likeness (QED) is 0.482. The molecule has 0 saturated carbocycles. The zero-order valence-corrected chi connectivity index (χ0v) is 16.7. The van der Waals surface area contributed by atoms with Crippen molar-refractivity contribution in [1.29, 1.82) is 0 Å². The summed E-state index contributed by atoms with van der Waals surface area (Å²) in [5, 5.41) is 0. The van der Waals surface area contributed by atoms with Crippen molar-refractivity contribution in [3.8, 4) is 11.1 Å². The Morgan fingerprint density at radius 2 is 1.41 bits per heavy atom. The predicted molar refractivity (Wildman–Crippen MR) is 89.4 cm³/mol. The SMILES string of the molecule is CC1(C)c2c[c-]c(-c3[c-]cccc3)cc2C(C)(C)C1(C)C.[Ir]. The normalized spacial score (nSPS) is 20.1. The fourth-order valence-corrected chi connectivity index (χ4v) is 3.70. The third-order valence-electron chi connectivity index (χ3n) is 6.42. The summed E-state index contributed by atoms with van der Waals surface area (Å²) in [5.41, 5.74) is 5.68. The van der Waals surface area contributed by atoms with Crippen LogP contribution in [0.5, 0.6) is 0 Å². The Hall–Kier alpha value is -0.911. The summed E-state index contributed by atoms with van der Waals surface area (Å²) in [6.07, 6.45) is 0. The summed E-state index contributed by atoms with van der Waals surface area (Å²) >= 11 is 0. The Bertz CT molecular complexity index is 678. The molecule has 0 aliphatic heterocycles. The summed E-state index contributed by atoms with van der Waals surface area (Å²) < 4.78 is 0. The van der Waals surface area contributed by atoms with Gasteiger partial charge in [-0.3, -0.25) is 0 Å². The standard InChI is InChI=1S/C21H24.Ir/c1-19(2)17-13-12-16(15-10-8-7-9-11-15)14-18(17)20(3,4)21(19,5)6;/h7-10,13-14H,1-6H3;/q-2;. The number of hydrogen-bond acceptors (Lipinski definition) is 0. The average molecular weight is 469 g/mol. The van der Waals surface area contributed by atoms with Crippen LogP contribution in [0.15, 0.2) is 36.4 Å². The van der Waals surface area contributed by atoms with E-state index in [-0.39, 0.29) is 36.4 Å². The van der Waals surface area contributed by atoms with Gasteiger partial charge in [-0.25, -0.2) is 11.1 Å². The molecule has 2 aromatic rings. The van der Waals surface area contributed by atoms with Gasteiger partial charge in [0.25, 0.3) is 0 Å². The zero-order valence-electron chi connectivity index (χ0n) is 14.3. The van der Waals surface area contributed by atoms with E-state index >= 15 is 0 Å². The van der Waals surface area contributed by atoms with Crippen molar-refractivity contribution in [2.24, 2.45) is 5.41 Å². The second-order valence-corrected chi connectivity index (χ2v) is 7.83. The molecule has 1 aliphatic carbocycles. The molecule has 0 saturated heterocycles. The van der Waals surface area contributed by atoms with E-state index in [9.17, 15) is 0 Å². The van der Waals surface area contributed by atoms with Crippen LogP contribution in [0.3, 0.4) is 0 Å². The maximum Gasteiger partial charge on any atom is 0 e. The second kappa shape index (κ2) is 5.32. The van der Waals surface area contributed by atoms with E-state index in [1.165, 1.54) is 11.1 Å². The first kappa shape index (κ1) is 17.4. The maximum absolute atomic E-state index is 3.48. The van der Waals surface area contributed by atoms with E-state index in [1.54, 1.807) is 0 Å². The van der Waals surface area contributed by atoms with E-state index in [1.807, 2.05) is 12.1 Å². The molecule has 2 aromatic carbocycles. The van der Waals surface area contributed by atoms with E-state index in [2.05, 4.69) is 77.9 Å². The van der Waals surface area contributed by atoms with Crippen LogP contribution < -0.4 is 0 Å². The summed E-state index contributed by atoms with van der Waals surface area (Å²) in [6, 6.07) is 19.5. The molecule has 0 nitrogen and oxygen atoms in total. The van der Waals surface area contributed by atoms with Crippen molar-refractivity contribution in [2.45, 2.75) is 52.4 Å². The molecule has 1 aliphatic rings. The molecule has 0 fully saturated rings. The summed E-state index contributed by atoms with van der Waals surface area (Å²) in [5.74, 6) is 0. The molecule has 0 heterocycles. The van der Waals surface area contributed by atoms with Crippen LogP contribution in [0, 0.1) is 17.5 Å². The summed E-state index contributed by atoms with van der Waals surface area (Å²) in [6.45, 7) is 14.3. The molecule has 1 heteroatoms. The third kappa shape index (κ3) is 2.14. The summed E-state index contributed by atoms with van der Waals surface area (Å²) in [7, 11) is 0. The van der Waals surface area contributed by atoms with E-state index in [0.29, 0.717) is 0 Å². The smallest absolute Gasteiger partial charge is 0 e. The van der Waals surface area contributed by atoms with Gasteiger partial charge in [0.1, 0.15) is 0 Å². The minimum Gasteiger partial charge on any atom is -0.226 e. The van der Waals surface area contributed by atoms with Gasteiger partial charge in [0.2, 0.25) is 0 Å². The van der Waals surface area contributed by atoms with Crippen LogP contribution in [0.2, 0.25) is 0 Å². The first-order chi connectivity index (χ1) is 9.69. The minimum absolute atomic E-state index is 0. The van der Waals surface area contributed by atoms with Gasteiger partial charge >= 0.3 is 0 Å². The largest absolute Gasteiger partial charge is 0.226 e. The van der Waals surface area contributed by atoms with Crippen LogP contribution in [0.25, 0.3) is 11.1 Å². The van der Waals surface area contributed by atoms with E-state index < -0.39 is 0 Å². The van der Waals surface area contributed by atoms with Crippen LogP contribution >= 0.6 is 0 Å². The topological polar surface area (TPSA) is 0 Å². The Kier molecular flexibility index (Phi) is 4.22. The molecule has 0 N–H and O–H groups in total. The van der Waals surface area contributed by atoms with Crippen LogP contribution in [-0.4, -0.2) is 0 Å². The third-order valence-corrected chi connectivity index (χ3v) is 6.42. The molecule has 0 spiro atoms. The number of rotatable bonds is 1. The molecule has 0 amide bonds. The van der Waals surface area contributed by atoms with Crippen molar-refractivity contribution >= 4 is 0 Å². The van der Waals surface area contributed by atoms with Crippen LogP contribution in [0.1, 0.15) is 52.7 Å². The molecule has 0 unspecified atom stereocenters. The minimum atomic E-state index is 0. The Balaban J connectivity index is 0.00000176. The number of benzene rings is 2. The van der Waals surface area contributed by atoms with Crippen molar-refractivity contribution in [2.75, 3.05) is 0 Å². The van der Waals surface area contributed by atoms with E-state index in [0.717, 1.165) is 11.1 Å². The molecule has 0 bridgehead atoms. The first-order valence-electron chi connectivity index (χ1n) is 7.73. The maximum atomic E-state index is 3.48. The Morgan fingerprint density at radius 3 is 2.00 bits per heavy atom. The molecule has 119 valence electrons. The summed E-state index contributed by atoms with van der Waals surface area (Å²) in [4.78, 5) is 0. The van der Waals surface area contributed by atoms with Gasteiger partial charge in [-0.1, -0.05) is 41.5 Å². The van der Waals surface area contributed by atoms with E-state index in [4.69, 9.17) is 0 Å². The number of hydrogen-bond donors (Lipinski definition) is 0. The number of fused-ring (bicyclic) bond motifs is 1. The van der Waals surface area contributed by atoms with Gasteiger partial charge in [0.15, 0.2) is 0 Å². The molecule has 3 rings (SSSR count). The van der Waals surface area contributed by atoms with Gasteiger partial charge in [-0.2, -0.15) is 42.5 Å². The van der Waals surface area contributed by atoms with Gasteiger partial charge in [-0.15, -0.1) is 17.2 Å². The van der Waals surface area contributed by atoms with Crippen molar-refractivity contribution in [3.63, 3.8) is 0 Å². The van der Waals surface area contributed by atoms with Crippen LogP contribution in [-0.2, 0) is 30.9 Å². The molecular formula is C21H24Ir-2. The molecule has 1 radical (unpaired) electrons. The molecule has 0 atom stereocenters. The van der Waals surface area contributed by atoms with Crippen molar-refractivity contribution < 1.29 is 20.1 Å². The van der Waals surface area contributed by atoms with Crippen molar-refractivity contribution in [3.05, 3.63) is 59.7 Å². The van der Waals surface area contributed by atoms with Gasteiger partial charge < -0.3 is 0 Å². The first-order valence-corrected chi connectivity index (χ1v) is 7.73. The Labute approximate surface area is 148 Å². The van der Waals surface area contributed by atoms with Crippen molar-refractivity contribution in [1.82, 2.24) is 0 Å². The fourth-order valence-electron chi connectivity index (χ4n) is 3.70. The van der Waals surface area contributed by atoms with Gasteiger partial charge in [0.05, 0.1) is 0 Å². The fraction of sp³-hybridized carbons (Fsp3) is 0.429.